The molecule has 1 unspecified atom stereocenters. The summed E-state index contributed by atoms with van der Waals surface area (Å²) in [5.41, 5.74) is 0. The first-order valence-corrected chi connectivity index (χ1v) is 4.65. The van der Waals surface area contributed by atoms with Crippen LogP contribution in [0.5, 0.6) is 0 Å². The molecule has 1 saturated heterocycles. The topological polar surface area (TPSA) is 46.5 Å². The fraction of sp³-hybridized carbons (Fsp3) is 0.364. The Morgan fingerprint density at radius 3 is 1.86 bits per heavy atom. The number of hydrogen-bond donors (Lipinski definition) is 1. The van der Waals surface area contributed by atoms with E-state index in [-0.39, 0.29) is 0 Å². The van der Waals surface area contributed by atoms with Gasteiger partial charge in [0.1, 0.15) is 0 Å². The summed E-state index contributed by atoms with van der Waals surface area (Å²) in [7, 11) is 0. The van der Waals surface area contributed by atoms with Crippen LogP contribution in [-0.2, 0) is 9.53 Å². The lowest BCUT2D eigenvalue weighted by Crippen LogP contribution is -2.17. The Kier molecular flexibility index (Phi) is 4.72. The Hall–Kier alpha value is -1.35. The largest absolute Gasteiger partial charge is 0.479 e. The highest BCUT2D eigenvalue weighted by molar-refractivity contribution is 5.72. The number of benzene rings is 1. The Morgan fingerprint density at radius 2 is 1.64 bits per heavy atom. The van der Waals surface area contributed by atoms with Gasteiger partial charge in [0.2, 0.25) is 0 Å². The molecule has 1 atom stereocenters. The molecule has 1 aromatic rings. The van der Waals surface area contributed by atoms with Crippen molar-refractivity contribution >= 4 is 5.97 Å². The first-order valence-electron chi connectivity index (χ1n) is 4.65. The highest BCUT2D eigenvalue weighted by Crippen LogP contribution is 2.10. The minimum absolute atomic E-state index is 0.519. The minimum Gasteiger partial charge on any atom is -0.479 e. The summed E-state index contributed by atoms with van der Waals surface area (Å²) in [4.78, 5) is 10.1. The van der Waals surface area contributed by atoms with E-state index in [2.05, 4.69) is 0 Å². The summed E-state index contributed by atoms with van der Waals surface area (Å²) >= 11 is 0. The number of rotatable bonds is 1. The molecule has 0 bridgehead atoms. The zero-order valence-electron chi connectivity index (χ0n) is 7.93. The fourth-order valence-electron chi connectivity index (χ4n) is 1.16. The Bertz CT molecular complexity index is 226. The van der Waals surface area contributed by atoms with E-state index in [1.165, 1.54) is 0 Å². The van der Waals surface area contributed by atoms with Crippen LogP contribution in [0.25, 0.3) is 0 Å². The van der Waals surface area contributed by atoms with Crippen LogP contribution in [0.4, 0.5) is 0 Å². The summed E-state index contributed by atoms with van der Waals surface area (Å²) in [6, 6.07) is 12.0. The van der Waals surface area contributed by atoms with E-state index < -0.39 is 12.1 Å². The average molecular weight is 194 g/mol. The van der Waals surface area contributed by atoms with E-state index >= 15 is 0 Å². The van der Waals surface area contributed by atoms with E-state index in [1.54, 1.807) is 0 Å². The van der Waals surface area contributed by atoms with Crippen molar-refractivity contribution in [2.24, 2.45) is 0 Å². The van der Waals surface area contributed by atoms with Crippen molar-refractivity contribution in [1.29, 1.82) is 0 Å². The van der Waals surface area contributed by atoms with Gasteiger partial charge >= 0.3 is 5.97 Å². The second-order valence-electron chi connectivity index (χ2n) is 2.99. The Morgan fingerprint density at radius 1 is 1.14 bits per heavy atom. The van der Waals surface area contributed by atoms with Gasteiger partial charge in [-0.15, -0.1) is 0 Å². The number of ether oxygens (including phenoxy) is 1. The summed E-state index contributed by atoms with van der Waals surface area (Å²) in [6.07, 6.45) is 1.04. The lowest BCUT2D eigenvalue weighted by molar-refractivity contribution is -0.147. The van der Waals surface area contributed by atoms with Crippen LogP contribution in [0.3, 0.4) is 0 Å². The van der Waals surface area contributed by atoms with E-state index in [4.69, 9.17) is 9.84 Å². The van der Waals surface area contributed by atoms with Crippen molar-refractivity contribution in [3.05, 3.63) is 36.4 Å². The maximum absolute atomic E-state index is 10.1. The molecule has 0 aliphatic carbocycles. The van der Waals surface area contributed by atoms with Crippen LogP contribution < -0.4 is 0 Å². The normalized spacial score (nSPS) is 19.6. The molecule has 14 heavy (non-hydrogen) atoms. The standard InChI is InChI=1S/C6H6.C5H8O3/c1-2-4-6-5-3-1;6-5(7)4-2-1-3-8-4/h1-6H;4H,1-3H2,(H,6,7). The molecule has 1 aliphatic rings. The number of carboxylic acid groups (broad SMARTS) is 1. The van der Waals surface area contributed by atoms with Gasteiger partial charge < -0.3 is 9.84 Å². The van der Waals surface area contributed by atoms with E-state index in [0.717, 1.165) is 6.42 Å². The molecule has 1 heterocycles. The van der Waals surface area contributed by atoms with Gasteiger partial charge in [0, 0.05) is 6.61 Å². The molecule has 0 aromatic heterocycles. The van der Waals surface area contributed by atoms with Gasteiger partial charge in [-0.05, 0) is 12.8 Å². The van der Waals surface area contributed by atoms with E-state index in [9.17, 15) is 4.79 Å². The third-order valence-electron chi connectivity index (χ3n) is 1.87. The predicted octanol–water partition coefficient (Wildman–Crippen LogP) is 1.94. The van der Waals surface area contributed by atoms with Crippen molar-refractivity contribution < 1.29 is 14.6 Å². The molecule has 1 N–H and O–H groups in total. The maximum atomic E-state index is 10.1. The van der Waals surface area contributed by atoms with Crippen molar-refractivity contribution in [2.45, 2.75) is 18.9 Å². The molecule has 0 amide bonds. The van der Waals surface area contributed by atoms with Crippen molar-refractivity contribution in [3.63, 3.8) is 0 Å². The van der Waals surface area contributed by atoms with Crippen molar-refractivity contribution in [3.8, 4) is 0 Å². The second-order valence-corrected chi connectivity index (χ2v) is 2.99. The number of aliphatic carboxylic acids is 1. The lowest BCUT2D eigenvalue weighted by Gasteiger charge is -1.98. The monoisotopic (exact) mass is 194 g/mol. The molecule has 0 spiro atoms. The van der Waals surface area contributed by atoms with Crippen molar-refractivity contribution in [2.75, 3.05) is 6.61 Å². The number of carbonyl (C=O) groups is 1. The molecule has 0 radical (unpaired) electrons. The minimum atomic E-state index is -0.831. The molecule has 1 fully saturated rings. The Balaban J connectivity index is 0.000000146. The van der Waals surface area contributed by atoms with Crippen LogP contribution in [0.1, 0.15) is 12.8 Å². The molecule has 1 aromatic carbocycles. The SMILES string of the molecule is O=C(O)C1CCCO1.c1ccccc1. The van der Waals surface area contributed by atoms with Gasteiger partial charge in [0.15, 0.2) is 6.10 Å². The lowest BCUT2D eigenvalue weighted by atomic mass is 10.2. The highest BCUT2D eigenvalue weighted by Gasteiger charge is 2.21. The first-order chi connectivity index (χ1) is 6.80. The summed E-state index contributed by atoms with van der Waals surface area (Å²) in [5.74, 6) is -0.831. The summed E-state index contributed by atoms with van der Waals surface area (Å²) in [6.45, 7) is 0.608. The predicted molar refractivity (Wildman–Crippen MR) is 53.1 cm³/mol. The Labute approximate surface area is 83.3 Å². The molecule has 3 heteroatoms. The first kappa shape index (κ1) is 10.7. The zero-order chi connectivity index (χ0) is 10.2. The number of hydrogen-bond acceptors (Lipinski definition) is 2. The average Bonchev–Trinajstić information content (AvgIpc) is 2.74. The molecule has 1 aliphatic heterocycles. The van der Waals surface area contributed by atoms with Crippen molar-refractivity contribution in [1.82, 2.24) is 0 Å². The summed E-state index contributed by atoms with van der Waals surface area (Å²) < 4.78 is 4.81. The van der Waals surface area contributed by atoms with Crippen LogP contribution in [-0.4, -0.2) is 23.8 Å². The quantitative estimate of drug-likeness (QED) is 0.743. The van der Waals surface area contributed by atoms with Gasteiger partial charge in [-0.1, -0.05) is 36.4 Å². The second kappa shape index (κ2) is 6.16. The highest BCUT2D eigenvalue weighted by atomic mass is 16.5. The molecular formula is C11H14O3. The van der Waals surface area contributed by atoms with Gasteiger partial charge in [-0.25, -0.2) is 4.79 Å². The van der Waals surface area contributed by atoms with Crippen LogP contribution in [0.15, 0.2) is 36.4 Å². The van der Waals surface area contributed by atoms with Gasteiger partial charge in [-0.2, -0.15) is 0 Å². The van der Waals surface area contributed by atoms with Crippen LogP contribution in [0, 0.1) is 0 Å². The number of carboxylic acids is 1. The smallest absolute Gasteiger partial charge is 0.332 e. The molecular weight excluding hydrogens is 180 g/mol. The third kappa shape index (κ3) is 4.05. The fourth-order valence-corrected chi connectivity index (χ4v) is 1.16. The van der Waals surface area contributed by atoms with Gasteiger partial charge in [0.05, 0.1) is 0 Å². The summed E-state index contributed by atoms with van der Waals surface area (Å²) in [5, 5.41) is 8.29. The molecule has 2 rings (SSSR count). The van der Waals surface area contributed by atoms with Crippen LogP contribution in [0.2, 0.25) is 0 Å². The maximum Gasteiger partial charge on any atom is 0.332 e. The third-order valence-corrected chi connectivity index (χ3v) is 1.87. The van der Waals surface area contributed by atoms with E-state index in [1.807, 2.05) is 36.4 Å². The van der Waals surface area contributed by atoms with E-state index in [0.29, 0.717) is 13.0 Å². The zero-order valence-corrected chi connectivity index (χ0v) is 7.93. The molecule has 0 saturated carbocycles. The van der Waals surface area contributed by atoms with Crippen LogP contribution >= 0.6 is 0 Å². The molecule has 3 nitrogen and oxygen atoms in total. The molecule has 76 valence electrons. The van der Waals surface area contributed by atoms with Gasteiger partial charge in [0.25, 0.3) is 0 Å². The van der Waals surface area contributed by atoms with Gasteiger partial charge in [-0.3, -0.25) is 0 Å².